The van der Waals surface area contributed by atoms with Crippen molar-refractivity contribution < 1.29 is 4.79 Å². The summed E-state index contributed by atoms with van der Waals surface area (Å²) in [6.07, 6.45) is 0. The Morgan fingerprint density at radius 2 is 2.04 bits per heavy atom. The Hall–Kier alpha value is -2.23. The molecule has 132 valence electrons. The second kappa shape index (κ2) is 7.18. The number of nitrogens with one attached hydrogen (secondary N) is 1. The van der Waals surface area contributed by atoms with Crippen LogP contribution in [0.2, 0.25) is 0 Å². The molecule has 0 saturated carbocycles. The summed E-state index contributed by atoms with van der Waals surface area (Å²) in [5.74, 6) is 0.660. The van der Waals surface area contributed by atoms with Gasteiger partial charge in [-0.3, -0.25) is 14.8 Å². The highest BCUT2D eigenvalue weighted by atomic mass is 32.2. The van der Waals surface area contributed by atoms with E-state index in [1.54, 1.807) is 16.4 Å². The largest absolute Gasteiger partial charge is 0.296 e. The summed E-state index contributed by atoms with van der Waals surface area (Å²) in [7, 11) is 1.88. The van der Waals surface area contributed by atoms with E-state index in [0.717, 1.165) is 26.0 Å². The number of anilines is 1. The third kappa shape index (κ3) is 3.50. The summed E-state index contributed by atoms with van der Waals surface area (Å²) >= 11 is 4.42. The fraction of sp³-hybridized carbons (Fsp3) is 0.176. The van der Waals surface area contributed by atoms with Crippen molar-refractivity contribution in [2.24, 2.45) is 7.05 Å². The van der Waals surface area contributed by atoms with Gasteiger partial charge in [0.15, 0.2) is 4.34 Å². The SMILES string of the molecule is Cc1nn(C)c2sc(C(=O)Nc3nnc(SCc4ccccc4)s3)cc12. The van der Waals surface area contributed by atoms with E-state index in [1.807, 2.05) is 38.2 Å². The quantitative estimate of drug-likeness (QED) is 0.398. The van der Waals surface area contributed by atoms with Crippen molar-refractivity contribution in [3.05, 3.63) is 52.5 Å². The van der Waals surface area contributed by atoms with Gasteiger partial charge in [0.1, 0.15) is 4.83 Å². The van der Waals surface area contributed by atoms with Gasteiger partial charge in [0, 0.05) is 18.2 Å². The van der Waals surface area contributed by atoms with Crippen LogP contribution >= 0.6 is 34.4 Å². The predicted molar refractivity (Wildman–Crippen MR) is 107 cm³/mol. The number of carbonyl (C=O) groups excluding carboxylic acids is 1. The molecule has 4 aromatic rings. The monoisotopic (exact) mass is 401 g/mol. The van der Waals surface area contributed by atoms with Crippen molar-refractivity contribution in [1.82, 2.24) is 20.0 Å². The lowest BCUT2D eigenvalue weighted by Gasteiger charge is -1.98. The van der Waals surface area contributed by atoms with Crippen LogP contribution in [0.1, 0.15) is 20.9 Å². The lowest BCUT2D eigenvalue weighted by atomic mass is 10.2. The van der Waals surface area contributed by atoms with Crippen LogP contribution < -0.4 is 5.32 Å². The average molecular weight is 402 g/mol. The van der Waals surface area contributed by atoms with Gasteiger partial charge in [0.2, 0.25) is 5.13 Å². The van der Waals surface area contributed by atoms with Crippen molar-refractivity contribution in [2.45, 2.75) is 17.0 Å². The number of nitrogens with zero attached hydrogens (tertiary/aromatic N) is 4. The topological polar surface area (TPSA) is 72.7 Å². The van der Waals surface area contributed by atoms with Gasteiger partial charge in [-0.1, -0.05) is 53.4 Å². The number of carbonyl (C=O) groups is 1. The molecule has 3 heterocycles. The molecule has 0 unspecified atom stereocenters. The Morgan fingerprint density at radius 1 is 1.23 bits per heavy atom. The zero-order valence-electron chi connectivity index (χ0n) is 14.1. The number of fused-ring (bicyclic) bond motifs is 1. The van der Waals surface area contributed by atoms with E-state index in [4.69, 9.17) is 0 Å². The molecular weight excluding hydrogens is 386 g/mol. The van der Waals surface area contributed by atoms with Crippen LogP contribution in [0.15, 0.2) is 40.7 Å². The fourth-order valence-electron chi connectivity index (χ4n) is 2.51. The zero-order valence-corrected chi connectivity index (χ0v) is 16.5. The van der Waals surface area contributed by atoms with Gasteiger partial charge in [-0.2, -0.15) is 5.10 Å². The number of hydrogen-bond acceptors (Lipinski definition) is 7. The van der Waals surface area contributed by atoms with Crippen LogP contribution in [0.4, 0.5) is 5.13 Å². The number of benzene rings is 1. The maximum absolute atomic E-state index is 12.5. The Balaban J connectivity index is 1.42. The Bertz CT molecular complexity index is 1030. The highest BCUT2D eigenvalue weighted by molar-refractivity contribution is 8.00. The highest BCUT2D eigenvalue weighted by Crippen LogP contribution is 2.30. The first-order chi connectivity index (χ1) is 12.6. The number of aryl methyl sites for hydroxylation is 2. The van der Waals surface area contributed by atoms with E-state index in [1.165, 1.54) is 28.2 Å². The lowest BCUT2D eigenvalue weighted by molar-refractivity contribution is 0.103. The first kappa shape index (κ1) is 17.2. The number of thioether (sulfide) groups is 1. The van der Waals surface area contributed by atoms with Crippen LogP contribution in [-0.2, 0) is 12.8 Å². The minimum atomic E-state index is -0.165. The number of rotatable bonds is 5. The van der Waals surface area contributed by atoms with Gasteiger partial charge >= 0.3 is 0 Å². The van der Waals surface area contributed by atoms with Crippen LogP contribution in [0.25, 0.3) is 10.2 Å². The first-order valence-corrected chi connectivity index (χ1v) is 10.5. The number of amides is 1. The Morgan fingerprint density at radius 3 is 2.81 bits per heavy atom. The third-order valence-electron chi connectivity index (χ3n) is 3.75. The first-order valence-electron chi connectivity index (χ1n) is 7.85. The van der Waals surface area contributed by atoms with Crippen molar-refractivity contribution >= 4 is 55.7 Å². The Labute approximate surface area is 162 Å². The summed E-state index contributed by atoms with van der Waals surface area (Å²) in [5, 5.41) is 16.9. The summed E-state index contributed by atoms with van der Waals surface area (Å²) in [4.78, 5) is 14.1. The van der Waals surface area contributed by atoms with E-state index >= 15 is 0 Å². The molecule has 1 aromatic carbocycles. The van der Waals surface area contributed by atoms with Gasteiger partial charge in [-0.15, -0.1) is 21.5 Å². The van der Waals surface area contributed by atoms with Crippen LogP contribution in [0, 0.1) is 6.92 Å². The second-order valence-electron chi connectivity index (χ2n) is 5.64. The van der Waals surface area contributed by atoms with Gasteiger partial charge in [0.25, 0.3) is 5.91 Å². The van der Waals surface area contributed by atoms with Gasteiger partial charge < -0.3 is 0 Å². The summed E-state index contributed by atoms with van der Waals surface area (Å²) in [6, 6.07) is 12.1. The molecule has 4 rings (SSSR count). The molecule has 0 aliphatic rings. The molecule has 3 aromatic heterocycles. The van der Waals surface area contributed by atoms with Crippen LogP contribution in [-0.4, -0.2) is 25.9 Å². The van der Waals surface area contributed by atoms with E-state index in [2.05, 4.69) is 32.7 Å². The molecule has 0 radical (unpaired) electrons. The van der Waals surface area contributed by atoms with E-state index in [9.17, 15) is 4.79 Å². The van der Waals surface area contributed by atoms with Crippen molar-refractivity contribution in [2.75, 3.05) is 5.32 Å². The second-order valence-corrected chi connectivity index (χ2v) is 8.87. The fourth-order valence-corrected chi connectivity index (χ4v) is 5.24. The smallest absolute Gasteiger partial charge is 0.267 e. The van der Waals surface area contributed by atoms with Gasteiger partial charge in [-0.05, 0) is 18.6 Å². The number of aromatic nitrogens is 4. The summed E-state index contributed by atoms with van der Waals surface area (Å²) in [6.45, 7) is 1.94. The zero-order chi connectivity index (χ0) is 18.1. The average Bonchev–Trinajstić information content (AvgIpc) is 3.33. The maximum atomic E-state index is 12.5. The maximum Gasteiger partial charge on any atom is 0.267 e. The van der Waals surface area contributed by atoms with Crippen LogP contribution in [0.3, 0.4) is 0 Å². The van der Waals surface area contributed by atoms with Gasteiger partial charge in [0.05, 0.1) is 10.6 Å². The van der Waals surface area contributed by atoms with E-state index < -0.39 is 0 Å². The molecule has 1 N–H and O–H groups in total. The molecule has 1 amide bonds. The summed E-state index contributed by atoms with van der Waals surface area (Å²) < 4.78 is 2.63. The highest BCUT2D eigenvalue weighted by Gasteiger charge is 2.16. The third-order valence-corrected chi connectivity index (χ3v) is 7.00. The minimum Gasteiger partial charge on any atom is -0.296 e. The molecule has 0 aliphatic heterocycles. The molecule has 0 bridgehead atoms. The van der Waals surface area contributed by atoms with Crippen LogP contribution in [0.5, 0.6) is 0 Å². The van der Waals surface area contributed by atoms with Crippen molar-refractivity contribution in [1.29, 1.82) is 0 Å². The van der Waals surface area contributed by atoms with E-state index in [0.29, 0.717) is 10.0 Å². The molecular formula is C17H15N5OS3. The lowest BCUT2D eigenvalue weighted by Crippen LogP contribution is -2.09. The van der Waals surface area contributed by atoms with Crippen molar-refractivity contribution in [3.8, 4) is 0 Å². The molecule has 0 aliphatic carbocycles. The molecule has 0 atom stereocenters. The van der Waals surface area contributed by atoms with Gasteiger partial charge in [-0.25, -0.2) is 0 Å². The van der Waals surface area contributed by atoms with Crippen molar-refractivity contribution in [3.63, 3.8) is 0 Å². The molecule has 6 nitrogen and oxygen atoms in total. The Kier molecular flexibility index (Phi) is 4.75. The standard InChI is InChI=1S/C17H15N5OS3/c1-10-12-8-13(25-15(12)22(2)21-10)14(23)18-16-19-20-17(26-16)24-9-11-6-4-3-5-7-11/h3-8H,9H2,1-2H3,(H,18,19,23). The molecule has 0 fully saturated rings. The minimum absolute atomic E-state index is 0.165. The normalized spacial score (nSPS) is 11.2. The number of hydrogen-bond donors (Lipinski definition) is 1. The predicted octanol–water partition coefficient (Wildman–Crippen LogP) is 4.34. The number of thiophene rings is 1. The molecule has 9 heteroatoms. The molecule has 26 heavy (non-hydrogen) atoms. The summed E-state index contributed by atoms with van der Waals surface area (Å²) in [5.41, 5.74) is 2.15. The van der Waals surface area contributed by atoms with E-state index in [-0.39, 0.29) is 5.91 Å². The molecule has 0 saturated heterocycles. The molecule has 0 spiro atoms.